The van der Waals surface area contributed by atoms with E-state index in [-0.39, 0.29) is 5.92 Å². The number of carbonyl (C=O) groups is 1. The van der Waals surface area contributed by atoms with Gasteiger partial charge in [-0.1, -0.05) is 43.7 Å². The van der Waals surface area contributed by atoms with Crippen molar-refractivity contribution in [2.45, 2.75) is 34.6 Å². The summed E-state index contributed by atoms with van der Waals surface area (Å²) in [5.41, 5.74) is 6.35. The van der Waals surface area contributed by atoms with Crippen molar-refractivity contribution in [3.05, 3.63) is 64.6 Å². The van der Waals surface area contributed by atoms with Gasteiger partial charge in [0.25, 0.3) is 0 Å². The first-order chi connectivity index (χ1) is 14.3. The Labute approximate surface area is 182 Å². The molecular weight excluding hydrogens is 398 g/mol. The zero-order valence-corrected chi connectivity index (χ0v) is 18.9. The van der Waals surface area contributed by atoms with Gasteiger partial charge < -0.3 is 4.74 Å². The van der Waals surface area contributed by atoms with E-state index in [1.807, 2.05) is 57.2 Å². The van der Waals surface area contributed by atoms with E-state index in [2.05, 4.69) is 18.8 Å². The highest BCUT2D eigenvalue weighted by molar-refractivity contribution is 6.30. The third-order valence-electron chi connectivity index (χ3n) is 5.24. The first-order valence-corrected chi connectivity index (χ1v) is 10.2. The Morgan fingerprint density at radius 1 is 1.30 bits per heavy atom. The number of ether oxygens (including phenoxy) is 1. The van der Waals surface area contributed by atoms with Crippen LogP contribution in [0.15, 0.2) is 53.4 Å². The van der Waals surface area contributed by atoms with Crippen molar-refractivity contribution in [2.75, 3.05) is 7.11 Å². The van der Waals surface area contributed by atoms with Crippen molar-refractivity contribution < 1.29 is 9.53 Å². The summed E-state index contributed by atoms with van der Waals surface area (Å²) in [4.78, 5) is 17.4. The van der Waals surface area contributed by atoms with E-state index in [9.17, 15) is 4.79 Å². The molecule has 2 aromatic rings. The van der Waals surface area contributed by atoms with Gasteiger partial charge in [-0.2, -0.15) is 5.10 Å². The molecule has 0 spiro atoms. The molecule has 0 fully saturated rings. The first-order valence-electron chi connectivity index (χ1n) is 9.86. The van der Waals surface area contributed by atoms with Crippen LogP contribution in [-0.4, -0.2) is 28.8 Å². The van der Waals surface area contributed by atoms with Gasteiger partial charge in [0.2, 0.25) is 0 Å². The van der Waals surface area contributed by atoms with Gasteiger partial charge in [-0.15, -0.1) is 0 Å². The van der Waals surface area contributed by atoms with Gasteiger partial charge in [-0.05, 0) is 56.0 Å². The fraction of sp³-hybridized carbons (Fsp3) is 0.292. The van der Waals surface area contributed by atoms with Gasteiger partial charge in [0.1, 0.15) is 0 Å². The molecule has 0 aliphatic carbocycles. The number of hydrogen-bond donors (Lipinski definition) is 0. The van der Waals surface area contributed by atoms with Gasteiger partial charge in [0.05, 0.1) is 18.5 Å². The fourth-order valence-corrected chi connectivity index (χ4v) is 3.57. The number of rotatable bonds is 4. The molecule has 1 aliphatic heterocycles. The summed E-state index contributed by atoms with van der Waals surface area (Å²) in [6, 6.07) is 9.66. The number of carbonyl (C=O) groups excluding carboxylic acids is 1. The molecule has 0 amide bonds. The average molecular weight is 424 g/mol. The van der Waals surface area contributed by atoms with E-state index in [0.717, 1.165) is 33.8 Å². The number of hydrazone groups is 1. The van der Waals surface area contributed by atoms with Crippen LogP contribution in [0.3, 0.4) is 0 Å². The summed E-state index contributed by atoms with van der Waals surface area (Å²) in [5.74, 6) is -0.224. The third kappa shape index (κ3) is 3.90. The number of methoxy groups -OCH3 is 1. The lowest BCUT2D eigenvalue weighted by atomic mass is 9.90. The van der Waals surface area contributed by atoms with Crippen molar-refractivity contribution in [3.8, 4) is 11.1 Å². The Balaban J connectivity index is 2.37. The Bertz CT molecular complexity index is 1080. The van der Waals surface area contributed by atoms with Crippen LogP contribution in [0.1, 0.15) is 45.9 Å². The van der Waals surface area contributed by atoms with Crippen LogP contribution < -0.4 is 0 Å². The molecule has 0 bridgehead atoms. The maximum atomic E-state index is 12.7. The largest absolute Gasteiger partial charge is 0.464 e. The second-order valence-corrected chi connectivity index (χ2v) is 7.88. The van der Waals surface area contributed by atoms with Crippen molar-refractivity contribution in [1.82, 2.24) is 9.99 Å². The van der Waals surface area contributed by atoms with E-state index in [1.165, 1.54) is 7.11 Å². The standard InChI is InChI=1S/C24H26ClN3O2/c1-7-20-21-19(17-9-8-10-18(25)13-17)11-12-26-22(21)15(4)23(24(29)30-6)28(20)27-16(5)14(2)3/h7-14H,1-6H3/b20-7+,27-16+. The minimum absolute atomic E-state index is 0.227. The highest BCUT2D eigenvalue weighted by atomic mass is 35.5. The van der Waals surface area contributed by atoms with Crippen LogP contribution in [0, 0.1) is 5.92 Å². The molecule has 0 saturated carbocycles. The van der Waals surface area contributed by atoms with E-state index < -0.39 is 5.97 Å². The van der Waals surface area contributed by atoms with Crippen molar-refractivity contribution in [1.29, 1.82) is 0 Å². The van der Waals surface area contributed by atoms with Crippen molar-refractivity contribution in [3.63, 3.8) is 0 Å². The first kappa shape index (κ1) is 21.8. The van der Waals surface area contributed by atoms with Crippen LogP contribution in [0.5, 0.6) is 0 Å². The number of nitrogens with zero attached hydrogens (tertiary/aromatic N) is 3. The van der Waals surface area contributed by atoms with Gasteiger partial charge in [0.15, 0.2) is 5.70 Å². The van der Waals surface area contributed by atoms with Gasteiger partial charge in [-0.3, -0.25) is 4.98 Å². The summed E-state index contributed by atoms with van der Waals surface area (Å²) in [5, 5.41) is 7.15. The van der Waals surface area contributed by atoms with E-state index >= 15 is 0 Å². The average Bonchev–Trinajstić information content (AvgIpc) is 2.73. The number of allylic oxidation sites excluding steroid dienone is 2. The number of halogens is 1. The van der Waals surface area contributed by atoms with Crippen molar-refractivity contribution >= 4 is 34.6 Å². The number of benzene rings is 1. The SMILES string of the molecule is C/C=C1\c2c(-c3cccc(Cl)c3)ccnc2C(C)=C(C(=O)OC)N1/N=C(\C)C(C)C. The highest BCUT2D eigenvalue weighted by Crippen LogP contribution is 2.43. The molecule has 3 rings (SSSR count). The number of hydrogen-bond acceptors (Lipinski definition) is 5. The Hall–Kier alpha value is -2.92. The summed E-state index contributed by atoms with van der Waals surface area (Å²) in [7, 11) is 1.38. The number of pyridine rings is 1. The van der Waals surface area contributed by atoms with Gasteiger partial charge in [0, 0.05) is 28.1 Å². The predicted octanol–water partition coefficient (Wildman–Crippen LogP) is 6.01. The normalized spacial score (nSPS) is 15.7. The van der Waals surface area contributed by atoms with Crippen LogP contribution in [-0.2, 0) is 9.53 Å². The minimum Gasteiger partial charge on any atom is -0.464 e. The topological polar surface area (TPSA) is 54.8 Å². The van der Waals surface area contributed by atoms with E-state index in [1.54, 1.807) is 11.2 Å². The molecule has 0 radical (unpaired) electrons. The van der Waals surface area contributed by atoms with Gasteiger partial charge >= 0.3 is 5.97 Å². The van der Waals surface area contributed by atoms with Crippen molar-refractivity contribution in [2.24, 2.45) is 11.0 Å². The lowest BCUT2D eigenvalue weighted by Crippen LogP contribution is -2.30. The molecule has 1 aromatic carbocycles. The Kier molecular flexibility index (Phi) is 6.42. The van der Waals surface area contributed by atoms with Crippen LogP contribution in [0.4, 0.5) is 0 Å². The fourth-order valence-electron chi connectivity index (χ4n) is 3.38. The van der Waals surface area contributed by atoms with E-state index in [4.69, 9.17) is 21.4 Å². The second-order valence-electron chi connectivity index (χ2n) is 7.44. The summed E-state index contributed by atoms with van der Waals surface area (Å²) < 4.78 is 5.09. The molecule has 0 saturated heterocycles. The molecule has 30 heavy (non-hydrogen) atoms. The monoisotopic (exact) mass is 423 g/mol. The lowest BCUT2D eigenvalue weighted by Gasteiger charge is -2.33. The quantitative estimate of drug-likeness (QED) is 0.446. The van der Waals surface area contributed by atoms with Crippen LogP contribution in [0.25, 0.3) is 22.4 Å². The molecule has 1 aliphatic rings. The smallest absolute Gasteiger partial charge is 0.357 e. The predicted molar refractivity (Wildman–Crippen MR) is 123 cm³/mol. The zero-order chi connectivity index (χ0) is 22.0. The van der Waals surface area contributed by atoms with E-state index in [0.29, 0.717) is 16.3 Å². The maximum Gasteiger partial charge on any atom is 0.357 e. The Morgan fingerprint density at radius 2 is 2.03 bits per heavy atom. The highest BCUT2D eigenvalue weighted by Gasteiger charge is 2.34. The molecule has 2 heterocycles. The van der Waals surface area contributed by atoms with Crippen LogP contribution in [0.2, 0.25) is 5.02 Å². The second kappa shape index (κ2) is 8.84. The number of aromatic nitrogens is 1. The van der Waals surface area contributed by atoms with Crippen LogP contribution >= 0.6 is 11.6 Å². The summed E-state index contributed by atoms with van der Waals surface area (Å²) in [6.07, 6.45) is 3.69. The lowest BCUT2D eigenvalue weighted by molar-refractivity contribution is -0.137. The maximum absolute atomic E-state index is 12.7. The molecule has 0 unspecified atom stereocenters. The number of esters is 1. The summed E-state index contributed by atoms with van der Waals surface area (Å²) in [6.45, 7) is 9.90. The number of fused-ring (bicyclic) bond motifs is 1. The molecule has 6 heteroatoms. The zero-order valence-electron chi connectivity index (χ0n) is 18.2. The Morgan fingerprint density at radius 3 is 2.63 bits per heavy atom. The molecular formula is C24H26ClN3O2. The minimum atomic E-state index is -0.451. The molecule has 1 aromatic heterocycles. The molecule has 5 nitrogen and oxygen atoms in total. The molecule has 0 N–H and O–H groups in total. The molecule has 156 valence electrons. The summed E-state index contributed by atoms with van der Waals surface area (Å²) >= 11 is 6.26. The van der Waals surface area contributed by atoms with Gasteiger partial charge in [-0.25, -0.2) is 9.80 Å². The third-order valence-corrected chi connectivity index (χ3v) is 5.47. The molecule has 0 atom stereocenters.